The average molecular weight is 335 g/mol. The van der Waals surface area contributed by atoms with E-state index >= 15 is 0 Å². The van der Waals surface area contributed by atoms with Crippen molar-refractivity contribution in [3.05, 3.63) is 23.4 Å². The van der Waals surface area contributed by atoms with Gasteiger partial charge < -0.3 is 16.2 Å². The summed E-state index contributed by atoms with van der Waals surface area (Å²) in [5.74, 6) is 0.749. The number of nitrogens with two attached hydrogens (primary N) is 2. The number of rotatable bonds is 1. The molecule has 1 aromatic rings. The summed E-state index contributed by atoms with van der Waals surface area (Å²) in [4.78, 5) is 12.4. The SMILES string of the molecule is CC(=N)N.CC1(C)CC1F.COc1ccc(Cl)cn1.NC=O. The van der Waals surface area contributed by atoms with Crippen LogP contribution in [-0.2, 0) is 4.79 Å². The van der Waals surface area contributed by atoms with Crippen molar-refractivity contribution >= 4 is 23.8 Å². The van der Waals surface area contributed by atoms with E-state index < -0.39 is 6.17 Å². The van der Waals surface area contributed by atoms with Gasteiger partial charge in [-0.2, -0.15) is 0 Å². The molecule has 0 saturated heterocycles. The number of ether oxygens (including phenoxy) is 1. The lowest BCUT2D eigenvalue weighted by molar-refractivity contribution is -0.106. The van der Waals surface area contributed by atoms with E-state index in [4.69, 9.17) is 32.3 Å². The molecule has 0 spiro atoms. The number of nitrogens with one attached hydrogen (secondary N) is 1. The summed E-state index contributed by atoms with van der Waals surface area (Å²) in [7, 11) is 1.57. The molecular formula is C14H24ClFN4O2. The van der Waals surface area contributed by atoms with E-state index in [-0.39, 0.29) is 17.7 Å². The third kappa shape index (κ3) is 14.5. The van der Waals surface area contributed by atoms with Gasteiger partial charge in [-0.15, -0.1) is 0 Å². The first-order valence-electron chi connectivity index (χ1n) is 6.36. The second kappa shape index (κ2) is 11.7. The van der Waals surface area contributed by atoms with Gasteiger partial charge in [-0.1, -0.05) is 25.4 Å². The fourth-order valence-electron chi connectivity index (χ4n) is 0.886. The van der Waals surface area contributed by atoms with Gasteiger partial charge in [0.2, 0.25) is 12.3 Å². The number of primary amides is 1. The molecule has 1 fully saturated rings. The number of alkyl halides is 1. The maximum atomic E-state index is 11.9. The van der Waals surface area contributed by atoms with E-state index in [2.05, 4.69) is 10.7 Å². The summed E-state index contributed by atoms with van der Waals surface area (Å²) in [5, 5.41) is 6.90. The number of amides is 1. The Kier molecular flexibility index (Phi) is 11.9. The van der Waals surface area contributed by atoms with Crippen molar-refractivity contribution in [3.63, 3.8) is 0 Å². The molecule has 1 aromatic heterocycles. The predicted molar refractivity (Wildman–Crippen MR) is 86.9 cm³/mol. The van der Waals surface area contributed by atoms with Crippen LogP contribution in [0.5, 0.6) is 5.88 Å². The van der Waals surface area contributed by atoms with Crippen LogP contribution in [0.2, 0.25) is 5.02 Å². The molecule has 1 unspecified atom stereocenters. The predicted octanol–water partition coefficient (Wildman–Crippen LogP) is 2.54. The highest BCUT2D eigenvalue weighted by molar-refractivity contribution is 6.30. The molecule has 2 rings (SSSR count). The van der Waals surface area contributed by atoms with Gasteiger partial charge in [0, 0.05) is 12.3 Å². The largest absolute Gasteiger partial charge is 0.481 e. The number of pyridine rings is 1. The monoisotopic (exact) mass is 334 g/mol. The lowest BCUT2D eigenvalue weighted by Gasteiger charge is -1.94. The lowest BCUT2D eigenvalue weighted by Crippen LogP contribution is -2.00. The van der Waals surface area contributed by atoms with E-state index in [0.29, 0.717) is 10.9 Å². The minimum absolute atomic E-state index is 0.0417. The molecule has 1 saturated carbocycles. The third-order valence-electron chi connectivity index (χ3n) is 2.30. The van der Waals surface area contributed by atoms with E-state index in [9.17, 15) is 4.39 Å². The Morgan fingerprint density at radius 1 is 1.59 bits per heavy atom. The molecule has 8 heteroatoms. The molecule has 22 heavy (non-hydrogen) atoms. The van der Waals surface area contributed by atoms with Crippen LogP contribution in [0.1, 0.15) is 27.2 Å². The second-order valence-electron chi connectivity index (χ2n) is 5.00. The summed E-state index contributed by atoms with van der Waals surface area (Å²) in [6.45, 7) is 5.41. The molecule has 0 aliphatic heterocycles. The maximum Gasteiger partial charge on any atom is 0.212 e. The van der Waals surface area contributed by atoms with Crippen LogP contribution < -0.4 is 16.2 Å². The normalized spacial score (nSPS) is 16.2. The molecule has 0 radical (unpaired) electrons. The van der Waals surface area contributed by atoms with E-state index in [0.717, 1.165) is 6.42 Å². The molecule has 5 N–H and O–H groups in total. The molecule has 1 aliphatic rings. The first kappa shape index (κ1) is 22.4. The molecular weight excluding hydrogens is 311 g/mol. The van der Waals surface area contributed by atoms with Gasteiger partial charge in [0.1, 0.15) is 6.17 Å². The second-order valence-corrected chi connectivity index (χ2v) is 5.43. The van der Waals surface area contributed by atoms with Crippen LogP contribution in [0, 0.1) is 10.8 Å². The van der Waals surface area contributed by atoms with Gasteiger partial charge in [0.25, 0.3) is 0 Å². The number of carbonyl (C=O) groups excluding carboxylic acids is 1. The smallest absolute Gasteiger partial charge is 0.212 e. The van der Waals surface area contributed by atoms with E-state index in [1.165, 1.54) is 6.92 Å². The molecule has 126 valence electrons. The van der Waals surface area contributed by atoms with Gasteiger partial charge in [-0.25, -0.2) is 9.37 Å². The quantitative estimate of drug-likeness (QED) is 0.416. The maximum absolute atomic E-state index is 11.9. The summed E-state index contributed by atoms with van der Waals surface area (Å²) < 4.78 is 16.7. The number of methoxy groups -OCH3 is 1. The van der Waals surface area contributed by atoms with Crippen LogP contribution >= 0.6 is 11.6 Å². The molecule has 1 atom stereocenters. The molecule has 1 amide bonds. The van der Waals surface area contributed by atoms with E-state index in [1.54, 1.807) is 25.4 Å². The summed E-state index contributed by atoms with van der Waals surface area (Å²) in [5.41, 5.74) is 8.90. The van der Waals surface area contributed by atoms with E-state index in [1.807, 2.05) is 13.8 Å². The van der Waals surface area contributed by atoms with Crippen molar-refractivity contribution in [2.24, 2.45) is 16.9 Å². The Bertz CT molecular complexity index is 437. The number of halogens is 2. The third-order valence-corrected chi connectivity index (χ3v) is 2.53. The number of aromatic nitrogens is 1. The zero-order valence-electron chi connectivity index (χ0n) is 13.3. The average Bonchev–Trinajstić information content (AvgIpc) is 2.96. The van der Waals surface area contributed by atoms with Crippen molar-refractivity contribution in [3.8, 4) is 5.88 Å². The Morgan fingerprint density at radius 3 is 2.14 bits per heavy atom. The van der Waals surface area contributed by atoms with Gasteiger partial charge >= 0.3 is 0 Å². The van der Waals surface area contributed by atoms with Gasteiger partial charge in [0.15, 0.2) is 0 Å². The minimum atomic E-state index is -0.502. The lowest BCUT2D eigenvalue weighted by atomic mass is 10.2. The van der Waals surface area contributed by atoms with Gasteiger partial charge in [-0.05, 0) is 24.8 Å². The summed E-state index contributed by atoms with van der Waals surface area (Å²) in [6.07, 6.45) is 2.06. The van der Waals surface area contributed by atoms with Crippen LogP contribution in [0.25, 0.3) is 0 Å². The Hall–Kier alpha value is -1.89. The standard InChI is InChI=1S/C6H6ClNO.C5H9F.C2H6N2.CH3NO/c1-9-6-3-2-5(7)4-8-6;1-5(2)3-4(5)6;1-2(3)4;2-1-3/h2-4H,1H3;4H,3H2,1-2H3;1H3,(H3,3,4);1H,(H2,2,3). The van der Waals surface area contributed by atoms with Crippen LogP contribution in [0.15, 0.2) is 18.3 Å². The Labute approximate surface area is 135 Å². The topological polar surface area (TPSA) is 115 Å². The van der Waals surface area contributed by atoms with Gasteiger partial charge in [-0.3, -0.25) is 10.2 Å². The number of amidine groups is 1. The zero-order chi connectivity index (χ0) is 17.8. The highest BCUT2D eigenvalue weighted by Gasteiger charge is 2.46. The molecule has 6 nitrogen and oxygen atoms in total. The number of nitrogens with zero attached hydrogens (tertiary/aromatic N) is 1. The molecule has 0 bridgehead atoms. The summed E-state index contributed by atoms with van der Waals surface area (Å²) >= 11 is 5.55. The Balaban J connectivity index is 0. The zero-order valence-corrected chi connectivity index (χ0v) is 14.0. The van der Waals surface area contributed by atoms with Crippen molar-refractivity contribution in [1.29, 1.82) is 5.41 Å². The first-order chi connectivity index (χ1) is 10.1. The highest BCUT2D eigenvalue weighted by atomic mass is 35.5. The van der Waals surface area contributed by atoms with Crippen LogP contribution in [0.4, 0.5) is 4.39 Å². The van der Waals surface area contributed by atoms with Crippen LogP contribution in [0.3, 0.4) is 0 Å². The van der Waals surface area contributed by atoms with Crippen molar-refractivity contribution < 1.29 is 13.9 Å². The number of hydrogen-bond donors (Lipinski definition) is 3. The summed E-state index contributed by atoms with van der Waals surface area (Å²) in [6, 6.07) is 3.44. The van der Waals surface area contributed by atoms with Crippen molar-refractivity contribution in [2.45, 2.75) is 33.4 Å². The molecule has 0 aromatic carbocycles. The highest BCUT2D eigenvalue weighted by Crippen LogP contribution is 2.47. The Morgan fingerprint density at radius 2 is 1.95 bits per heavy atom. The number of carbonyl (C=O) groups is 1. The fraction of sp³-hybridized carbons (Fsp3) is 0.500. The van der Waals surface area contributed by atoms with Crippen molar-refractivity contribution in [1.82, 2.24) is 4.98 Å². The fourth-order valence-corrected chi connectivity index (χ4v) is 0.998. The van der Waals surface area contributed by atoms with Crippen molar-refractivity contribution in [2.75, 3.05) is 7.11 Å². The van der Waals surface area contributed by atoms with Gasteiger partial charge in [0.05, 0.1) is 18.0 Å². The molecule has 1 aliphatic carbocycles. The number of hydrogen-bond acceptors (Lipinski definition) is 4. The first-order valence-corrected chi connectivity index (χ1v) is 6.74. The molecule has 1 heterocycles. The van der Waals surface area contributed by atoms with Crippen LogP contribution in [-0.4, -0.2) is 30.5 Å². The minimum Gasteiger partial charge on any atom is -0.481 e.